The highest BCUT2D eigenvalue weighted by atomic mass is 19.1. The van der Waals surface area contributed by atoms with Crippen LogP contribution in [0.2, 0.25) is 0 Å². The lowest BCUT2D eigenvalue weighted by molar-refractivity contribution is 0.0743. The summed E-state index contributed by atoms with van der Waals surface area (Å²) in [6, 6.07) is 15.7. The normalized spacial score (nSPS) is 15.5. The van der Waals surface area contributed by atoms with Crippen molar-refractivity contribution in [3.63, 3.8) is 0 Å². The monoisotopic (exact) mass is 589 g/mol. The highest BCUT2D eigenvalue weighted by Crippen LogP contribution is 2.31. The number of carbonyl (C=O) groups is 3. The first-order valence-corrected chi connectivity index (χ1v) is 14.3. The molecule has 3 aromatic carbocycles. The minimum atomic E-state index is -0.433. The van der Waals surface area contributed by atoms with Crippen LogP contribution >= 0.6 is 0 Å². The van der Waals surface area contributed by atoms with Crippen molar-refractivity contribution in [1.82, 2.24) is 15.1 Å². The molecule has 2 heterocycles. The van der Waals surface area contributed by atoms with E-state index in [2.05, 4.69) is 15.5 Å². The lowest BCUT2D eigenvalue weighted by Gasteiger charge is -2.37. The molecule has 5 rings (SSSR count). The zero-order valence-corrected chi connectivity index (χ0v) is 24.4. The Kier molecular flexibility index (Phi) is 9.41. The summed E-state index contributed by atoms with van der Waals surface area (Å²) in [5.41, 5.74) is 2.50. The van der Waals surface area contributed by atoms with E-state index in [9.17, 15) is 18.8 Å². The number of anilines is 2. The SMILES string of the molecule is COc1ccc(C(=O)N2CCN(c3ccc(C(=O)N4CCCNCC4)cc3NC(=O)c3ccc(F)cc3)CC2)cc1OC. The van der Waals surface area contributed by atoms with Gasteiger partial charge >= 0.3 is 0 Å². The Hall–Kier alpha value is -4.64. The van der Waals surface area contributed by atoms with Crippen molar-refractivity contribution in [3.8, 4) is 11.5 Å². The fourth-order valence-corrected chi connectivity index (χ4v) is 5.37. The number of hydrogen-bond acceptors (Lipinski definition) is 7. The summed E-state index contributed by atoms with van der Waals surface area (Å²) in [6.07, 6.45) is 0.865. The zero-order chi connectivity index (χ0) is 30.3. The molecule has 0 aromatic heterocycles. The Balaban J connectivity index is 1.35. The molecule has 0 bridgehead atoms. The van der Waals surface area contributed by atoms with E-state index in [-0.39, 0.29) is 11.8 Å². The van der Waals surface area contributed by atoms with E-state index in [0.29, 0.717) is 73.1 Å². The maximum Gasteiger partial charge on any atom is 0.255 e. The third-order valence-electron chi connectivity index (χ3n) is 7.76. The van der Waals surface area contributed by atoms with Gasteiger partial charge in [0.1, 0.15) is 5.82 Å². The Morgan fingerprint density at radius 2 is 1.35 bits per heavy atom. The Bertz CT molecular complexity index is 1470. The largest absolute Gasteiger partial charge is 0.493 e. The van der Waals surface area contributed by atoms with E-state index in [1.165, 1.54) is 31.4 Å². The van der Waals surface area contributed by atoms with Gasteiger partial charge in [0.05, 0.1) is 25.6 Å². The third-order valence-corrected chi connectivity index (χ3v) is 7.76. The van der Waals surface area contributed by atoms with Crippen LogP contribution in [0.1, 0.15) is 37.5 Å². The van der Waals surface area contributed by atoms with Crippen molar-refractivity contribution in [1.29, 1.82) is 0 Å². The van der Waals surface area contributed by atoms with Crippen LogP contribution in [0.4, 0.5) is 15.8 Å². The van der Waals surface area contributed by atoms with E-state index in [1.807, 2.05) is 11.0 Å². The van der Waals surface area contributed by atoms with Crippen molar-refractivity contribution in [2.75, 3.05) is 76.8 Å². The first-order valence-electron chi connectivity index (χ1n) is 14.3. The molecule has 0 saturated carbocycles. The number of benzene rings is 3. The van der Waals surface area contributed by atoms with Crippen molar-refractivity contribution >= 4 is 29.1 Å². The van der Waals surface area contributed by atoms with Crippen LogP contribution in [-0.2, 0) is 0 Å². The number of nitrogens with one attached hydrogen (secondary N) is 2. The summed E-state index contributed by atoms with van der Waals surface area (Å²) < 4.78 is 24.1. The second-order valence-corrected chi connectivity index (χ2v) is 10.4. The number of piperazine rings is 1. The number of halogens is 1. The van der Waals surface area contributed by atoms with Gasteiger partial charge < -0.3 is 34.8 Å². The lowest BCUT2D eigenvalue weighted by atomic mass is 10.1. The second-order valence-electron chi connectivity index (χ2n) is 10.4. The van der Waals surface area contributed by atoms with Gasteiger partial charge in [0.25, 0.3) is 17.7 Å². The fraction of sp³-hybridized carbons (Fsp3) is 0.344. The Morgan fingerprint density at radius 1 is 0.721 bits per heavy atom. The molecule has 11 heteroatoms. The molecule has 10 nitrogen and oxygen atoms in total. The van der Waals surface area contributed by atoms with Crippen molar-refractivity contribution in [2.24, 2.45) is 0 Å². The van der Waals surface area contributed by atoms with E-state index < -0.39 is 11.7 Å². The van der Waals surface area contributed by atoms with Crippen LogP contribution in [0.5, 0.6) is 11.5 Å². The smallest absolute Gasteiger partial charge is 0.255 e. The fourth-order valence-electron chi connectivity index (χ4n) is 5.37. The summed E-state index contributed by atoms with van der Waals surface area (Å²) in [7, 11) is 3.07. The maximum atomic E-state index is 13.5. The standard InChI is InChI=1S/C32H36FN5O5/c1-42-28-11-7-24(21-29(28)43-2)32(41)38-18-16-36(17-19-38)27-10-6-23(31(40)37-14-3-12-34-13-15-37)20-26(27)35-30(39)22-4-8-25(33)9-5-22/h4-11,20-21,34H,3,12-19H2,1-2H3,(H,35,39). The lowest BCUT2D eigenvalue weighted by Crippen LogP contribution is -2.49. The molecule has 2 fully saturated rings. The molecule has 0 radical (unpaired) electrons. The predicted molar refractivity (Wildman–Crippen MR) is 162 cm³/mol. The van der Waals surface area contributed by atoms with E-state index in [0.717, 1.165) is 25.2 Å². The van der Waals surface area contributed by atoms with Crippen LogP contribution in [0, 0.1) is 5.82 Å². The van der Waals surface area contributed by atoms with Gasteiger partial charge in [0.2, 0.25) is 0 Å². The molecule has 2 saturated heterocycles. The van der Waals surface area contributed by atoms with Crippen molar-refractivity contribution in [2.45, 2.75) is 6.42 Å². The highest BCUT2D eigenvalue weighted by molar-refractivity contribution is 6.07. The molecule has 0 unspecified atom stereocenters. The third kappa shape index (κ3) is 6.89. The first-order chi connectivity index (χ1) is 20.9. The number of carbonyl (C=O) groups excluding carboxylic acids is 3. The molecule has 3 amide bonds. The molecule has 3 aromatic rings. The van der Waals surface area contributed by atoms with E-state index in [4.69, 9.17) is 9.47 Å². The molecule has 0 spiro atoms. The number of ether oxygens (including phenoxy) is 2. The molecule has 2 aliphatic rings. The van der Waals surface area contributed by atoms with E-state index >= 15 is 0 Å². The maximum absolute atomic E-state index is 13.5. The summed E-state index contributed by atoms with van der Waals surface area (Å²) in [5.74, 6) is -0.0197. The minimum Gasteiger partial charge on any atom is -0.493 e. The number of hydrogen-bond donors (Lipinski definition) is 2. The molecular weight excluding hydrogens is 553 g/mol. The van der Waals surface area contributed by atoms with Crippen LogP contribution in [0.25, 0.3) is 0 Å². The van der Waals surface area contributed by atoms with Crippen molar-refractivity contribution in [3.05, 3.63) is 83.2 Å². The zero-order valence-electron chi connectivity index (χ0n) is 24.4. The van der Waals surface area contributed by atoms with Crippen LogP contribution in [-0.4, -0.2) is 94.1 Å². The van der Waals surface area contributed by atoms with Gasteiger partial charge in [-0.3, -0.25) is 14.4 Å². The number of amides is 3. The van der Waals surface area contributed by atoms with Gasteiger partial charge in [-0.1, -0.05) is 0 Å². The molecule has 2 aliphatic heterocycles. The average molecular weight is 590 g/mol. The van der Waals surface area contributed by atoms with Crippen LogP contribution in [0.15, 0.2) is 60.7 Å². The summed E-state index contributed by atoms with van der Waals surface area (Å²) in [4.78, 5) is 45.5. The van der Waals surface area contributed by atoms with Gasteiger partial charge in [-0.25, -0.2) is 4.39 Å². The number of rotatable bonds is 7. The molecule has 2 N–H and O–H groups in total. The first kappa shape index (κ1) is 29.8. The summed E-state index contributed by atoms with van der Waals surface area (Å²) >= 11 is 0. The quantitative estimate of drug-likeness (QED) is 0.435. The Labute approximate surface area is 250 Å². The number of nitrogens with zero attached hydrogens (tertiary/aromatic N) is 3. The van der Waals surface area contributed by atoms with E-state index in [1.54, 1.807) is 42.3 Å². The molecule has 0 atom stereocenters. The van der Waals surface area contributed by atoms with Crippen LogP contribution < -0.4 is 25.0 Å². The van der Waals surface area contributed by atoms with Gasteiger partial charge in [0, 0.05) is 62.5 Å². The van der Waals surface area contributed by atoms with Gasteiger partial charge in [-0.05, 0) is 73.6 Å². The topological polar surface area (TPSA) is 103 Å². The predicted octanol–water partition coefficient (Wildman–Crippen LogP) is 3.49. The molecule has 43 heavy (non-hydrogen) atoms. The van der Waals surface area contributed by atoms with Gasteiger partial charge in [0.15, 0.2) is 11.5 Å². The molecule has 226 valence electrons. The van der Waals surface area contributed by atoms with Gasteiger partial charge in [-0.15, -0.1) is 0 Å². The second kappa shape index (κ2) is 13.6. The van der Waals surface area contributed by atoms with Gasteiger partial charge in [-0.2, -0.15) is 0 Å². The average Bonchev–Trinajstić information content (AvgIpc) is 3.34. The van der Waals surface area contributed by atoms with Crippen molar-refractivity contribution < 1.29 is 28.2 Å². The highest BCUT2D eigenvalue weighted by Gasteiger charge is 2.26. The molecule has 0 aliphatic carbocycles. The van der Waals surface area contributed by atoms with Crippen LogP contribution in [0.3, 0.4) is 0 Å². The minimum absolute atomic E-state index is 0.0992. The number of methoxy groups -OCH3 is 2. The Morgan fingerprint density at radius 3 is 2.05 bits per heavy atom. The molecular formula is C32H36FN5O5. The summed E-state index contributed by atoms with van der Waals surface area (Å²) in [6.45, 7) is 4.80. The summed E-state index contributed by atoms with van der Waals surface area (Å²) in [5, 5.41) is 6.25.